The standard InChI is InChI=1S/C14H18.2Y/c1-7-12(4)14(6)10-8-9-13(5)11(2)3;;/h2H,8H2,1,3-6H3;;/q-4;;. The smallest absolute Gasteiger partial charge is 0 e. The largest absolute Gasteiger partial charge is 0.391 e. The molecule has 0 saturated heterocycles. The zero-order valence-corrected chi connectivity index (χ0v) is 16.6. The summed E-state index contributed by atoms with van der Waals surface area (Å²) in [5, 5.41) is 0. The molecule has 0 saturated carbocycles. The molecule has 0 unspecified atom stereocenters. The molecule has 0 bridgehead atoms. The van der Waals surface area contributed by atoms with E-state index in [1.54, 1.807) is 0 Å². The molecule has 2 radical (unpaired) electrons. The summed E-state index contributed by atoms with van der Waals surface area (Å²) < 4.78 is 0. The van der Waals surface area contributed by atoms with E-state index in [2.05, 4.69) is 18.2 Å². The van der Waals surface area contributed by atoms with Gasteiger partial charge in [-0.15, -0.1) is 34.6 Å². The summed E-state index contributed by atoms with van der Waals surface area (Å²) in [6.45, 7) is 15.4. The van der Waals surface area contributed by atoms with Crippen LogP contribution in [0.25, 0.3) is 0 Å². The molecule has 0 aromatic rings. The van der Waals surface area contributed by atoms with Crippen molar-refractivity contribution < 1.29 is 65.4 Å². The molecule has 0 atom stereocenters. The Labute approximate surface area is 151 Å². The van der Waals surface area contributed by atoms with Gasteiger partial charge in [0.1, 0.15) is 0 Å². The summed E-state index contributed by atoms with van der Waals surface area (Å²) in [7, 11) is 0. The van der Waals surface area contributed by atoms with Gasteiger partial charge in [-0.25, -0.2) is 6.42 Å². The molecule has 84 valence electrons. The molecule has 0 heterocycles. The summed E-state index contributed by atoms with van der Waals surface area (Å²) in [6.07, 6.45) is 10.2. The van der Waals surface area contributed by atoms with Crippen LogP contribution in [0.5, 0.6) is 0 Å². The maximum absolute atomic E-state index is 5.60. The molecule has 2 heteroatoms. The first-order valence-corrected chi connectivity index (χ1v) is 4.75. The molecule has 0 fully saturated rings. The molecule has 0 aromatic heterocycles. The van der Waals surface area contributed by atoms with Gasteiger partial charge in [-0.05, 0) is 0 Å². The molecule has 0 aromatic carbocycles. The fraction of sp³-hybridized carbons (Fsp3) is 0.429. The molecule has 0 aliphatic rings. The fourth-order valence-corrected chi connectivity index (χ4v) is 0.769. The van der Waals surface area contributed by atoms with Gasteiger partial charge in [0.2, 0.25) is 0 Å². The predicted molar refractivity (Wildman–Crippen MR) is 61.1 cm³/mol. The molecule has 0 rings (SSSR count). The van der Waals surface area contributed by atoms with Crippen LogP contribution in [0.4, 0.5) is 0 Å². The van der Waals surface area contributed by atoms with E-state index >= 15 is 0 Å². The van der Waals surface area contributed by atoms with E-state index in [0.717, 1.165) is 22.3 Å². The quantitative estimate of drug-likeness (QED) is 0.522. The Kier molecular flexibility index (Phi) is 17.6. The van der Waals surface area contributed by atoms with Crippen LogP contribution in [0.15, 0.2) is 22.3 Å². The van der Waals surface area contributed by atoms with Crippen LogP contribution in [0, 0.1) is 24.8 Å². The van der Waals surface area contributed by atoms with Gasteiger partial charge in [-0.1, -0.05) is 0 Å². The molecular weight excluding hydrogens is 346 g/mol. The Morgan fingerprint density at radius 3 is 1.69 bits per heavy atom. The second-order valence-corrected chi connectivity index (χ2v) is 3.34. The molecule has 0 nitrogen and oxygen atoms in total. The Bertz CT molecular complexity index is 294. The van der Waals surface area contributed by atoms with Crippen LogP contribution >= 0.6 is 0 Å². The van der Waals surface area contributed by atoms with Crippen molar-refractivity contribution in [3.05, 3.63) is 47.1 Å². The predicted octanol–water partition coefficient (Wildman–Crippen LogP) is 4.02. The minimum absolute atomic E-state index is 0. The van der Waals surface area contributed by atoms with Gasteiger partial charge in [0.25, 0.3) is 0 Å². The van der Waals surface area contributed by atoms with E-state index in [-0.39, 0.29) is 65.4 Å². The van der Waals surface area contributed by atoms with Gasteiger partial charge in [0.15, 0.2) is 0 Å². The molecule has 0 aliphatic carbocycles. The molecule has 0 aliphatic heterocycles. The Morgan fingerprint density at radius 2 is 1.31 bits per heavy atom. The summed E-state index contributed by atoms with van der Waals surface area (Å²) in [5.41, 5.74) is 4.09. The number of hydrogen-bond acceptors (Lipinski definition) is 0. The third-order valence-electron chi connectivity index (χ3n) is 2.24. The van der Waals surface area contributed by atoms with Crippen molar-refractivity contribution in [3.8, 4) is 0 Å². The summed E-state index contributed by atoms with van der Waals surface area (Å²) in [5.74, 6) is 0. The van der Waals surface area contributed by atoms with Gasteiger partial charge < -0.3 is 47.1 Å². The first kappa shape index (κ1) is 22.4. The van der Waals surface area contributed by atoms with Crippen LogP contribution in [-0.4, -0.2) is 0 Å². The minimum Gasteiger partial charge on any atom is -0.391 e. The number of rotatable bonds is 4. The van der Waals surface area contributed by atoms with E-state index in [1.165, 1.54) is 0 Å². The van der Waals surface area contributed by atoms with E-state index in [0.29, 0.717) is 6.42 Å². The summed E-state index contributed by atoms with van der Waals surface area (Å²) in [6, 6.07) is 0. The zero-order chi connectivity index (χ0) is 11.1. The average Bonchev–Trinajstić information content (AvgIpc) is 2.15. The van der Waals surface area contributed by atoms with Crippen molar-refractivity contribution in [1.29, 1.82) is 0 Å². The van der Waals surface area contributed by atoms with Crippen molar-refractivity contribution in [2.75, 3.05) is 0 Å². The second kappa shape index (κ2) is 12.6. The van der Waals surface area contributed by atoms with Crippen molar-refractivity contribution >= 4 is 0 Å². The van der Waals surface area contributed by atoms with E-state index in [1.807, 2.05) is 34.6 Å². The van der Waals surface area contributed by atoms with Crippen LogP contribution in [0.3, 0.4) is 0 Å². The van der Waals surface area contributed by atoms with Gasteiger partial charge in [0, 0.05) is 65.4 Å². The molecular formula is C14H18Y2-4. The maximum atomic E-state index is 5.60. The van der Waals surface area contributed by atoms with Crippen molar-refractivity contribution in [1.82, 2.24) is 0 Å². The summed E-state index contributed by atoms with van der Waals surface area (Å²) in [4.78, 5) is 0. The van der Waals surface area contributed by atoms with Crippen LogP contribution in [-0.2, 0) is 65.4 Å². The third-order valence-corrected chi connectivity index (χ3v) is 2.24. The fourth-order valence-electron chi connectivity index (χ4n) is 0.769. The van der Waals surface area contributed by atoms with Crippen molar-refractivity contribution in [2.24, 2.45) is 0 Å². The van der Waals surface area contributed by atoms with Crippen molar-refractivity contribution in [2.45, 2.75) is 41.0 Å². The number of allylic oxidation sites excluding steroid dienone is 7. The van der Waals surface area contributed by atoms with Crippen LogP contribution < -0.4 is 0 Å². The topological polar surface area (TPSA) is 0 Å². The van der Waals surface area contributed by atoms with Gasteiger partial charge in [0.05, 0.1) is 0 Å². The van der Waals surface area contributed by atoms with Crippen LogP contribution in [0.1, 0.15) is 41.0 Å². The molecule has 0 amide bonds. The Hall–Kier alpha value is 1.17. The van der Waals surface area contributed by atoms with E-state index in [4.69, 9.17) is 6.58 Å². The average molecular weight is 364 g/mol. The van der Waals surface area contributed by atoms with E-state index < -0.39 is 0 Å². The molecule has 0 N–H and O–H groups in total. The second-order valence-electron chi connectivity index (χ2n) is 3.34. The van der Waals surface area contributed by atoms with Crippen LogP contribution in [0.2, 0.25) is 0 Å². The number of hydrogen-bond donors (Lipinski definition) is 0. The minimum atomic E-state index is 0. The van der Waals surface area contributed by atoms with Gasteiger partial charge >= 0.3 is 0 Å². The first-order valence-electron chi connectivity index (χ1n) is 4.75. The van der Waals surface area contributed by atoms with Gasteiger partial charge in [-0.2, -0.15) is 0 Å². The first-order chi connectivity index (χ1) is 6.49. The van der Waals surface area contributed by atoms with Gasteiger partial charge in [-0.3, -0.25) is 0 Å². The molecule has 16 heavy (non-hydrogen) atoms. The normalized spacial score (nSPS) is 12.7. The molecule has 0 spiro atoms. The zero-order valence-electron chi connectivity index (χ0n) is 10.9. The summed E-state index contributed by atoms with van der Waals surface area (Å²) >= 11 is 0. The van der Waals surface area contributed by atoms with Crippen molar-refractivity contribution in [3.63, 3.8) is 0 Å². The Morgan fingerprint density at radius 1 is 0.875 bits per heavy atom. The monoisotopic (exact) mass is 364 g/mol. The Balaban J connectivity index is -0.000000845. The maximum Gasteiger partial charge on any atom is 0 e. The SMILES string of the molecule is [CH-]=C(C)C(C)=[C-]C[C-]=C(C)C(C)=[C-]C.[Y].[Y]. The third kappa shape index (κ3) is 10.3. The van der Waals surface area contributed by atoms with E-state index in [9.17, 15) is 0 Å².